The zero-order valence-corrected chi connectivity index (χ0v) is 13.1. The molecule has 0 saturated heterocycles. The van der Waals surface area contributed by atoms with E-state index in [9.17, 15) is 5.11 Å². The number of hydrogen-bond donors (Lipinski definition) is 1. The van der Waals surface area contributed by atoms with Crippen LogP contribution in [0.15, 0.2) is 42.7 Å². The summed E-state index contributed by atoms with van der Waals surface area (Å²) >= 11 is 0. The lowest BCUT2D eigenvalue weighted by Crippen LogP contribution is -2.28. The van der Waals surface area contributed by atoms with Crippen LogP contribution in [-0.4, -0.2) is 28.1 Å². The summed E-state index contributed by atoms with van der Waals surface area (Å²) in [5.41, 5.74) is 4.61. The van der Waals surface area contributed by atoms with Crippen molar-refractivity contribution < 1.29 is 5.11 Å². The maximum Gasteiger partial charge on any atom is 0.0917 e. The number of aliphatic hydroxyl groups excluding tert-OH is 1. The fourth-order valence-electron chi connectivity index (χ4n) is 2.60. The zero-order chi connectivity index (χ0) is 15.2. The standard InChI is InChI=1S/C18H24N2O/c1-4-20(12-16-5-7-19-8-6-16)13-18(21)17-10-14(2)9-15(3)11-17/h5-11,18,21H,4,12-13H2,1-3H3. The van der Waals surface area contributed by atoms with Crippen molar-refractivity contribution in [2.24, 2.45) is 0 Å². The molecule has 0 saturated carbocycles. The van der Waals surface area contributed by atoms with Gasteiger partial charge in [0.25, 0.3) is 0 Å². The normalized spacial score (nSPS) is 12.6. The summed E-state index contributed by atoms with van der Waals surface area (Å²) in [6.07, 6.45) is 3.16. The molecule has 0 aliphatic carbocycles. The van der Waals surface area contributed by atoms with Crippen LogP contribution in [0.4, 0.5) is 0 Å². The van der Waals surface area contributed by atoms with E-state index in [0.29, 0.717) is 6.54 Å². The summed E-state index contributed by atoms with van der Waals surface area (Å²) < 4.78 is 0. The molecular formula is C18H24N2O. The SMILES string of the molecule is CCN(Cc1ccncc1)CC(O)c1cc(C)cc(C)c1. The maximum atomic E-state index is 10.5. The molecule has 0 aliphatic heterocycles. The Morgan fingerprint density at radius 1 is 1.10 bits per heavy atom. The van der Waals surface area contributed by atoms with Gasteiger partial charge in [0, 0.05) is 25.5 Å². The van der Waals surface area contributed by atoms with Gasteiger partial charge in [-0.2, -0.15) is 0 Å². The second-order valence-electron chi connectivity index (χ2n) is 5.62. The third-order valence-corrected chi connectivity index (χ3v) is 3.66. The van der Waals surface area contributed by atoms with Crippen LogP contribution in [0.1, 0.15) is 35.3 Å². The molecular weight excluding hydrogens is 260 g/mol. The number of hydrogen-bond acceptors (Lipinski definition) is 3. The molecule has 0 aliphatic rings. The number of aryl methyl sites for hydroxylation is 2. The number of pyridine rings is 1. The molecule has 2 aromatic rings. The maximum absolute atomic E-state index is 10.5. The molecule has 0 bridgehead atoms. The summed E-state index contributed by atoms with van der Waals surface area (Å²) in [7, 11) is 0. The predicted octanol–water partition coefficient (Wildman–Crippen LogP) is 3.25. The predicted molar refractivity (Wildman–Crippen MR) is 86.1 cm³/mol. The quantitative estimate of drug-likeness (QED) is 0.884. The van der Waals surface area contributed by atoms with Gasteiger partial charge < -0.3 is 5.11 Å². The van der Waals surface area contributed by atoms with Crippen molar-refractivity contribution in [1.29, 1.82) is 0 Å². The Morgan fingerprint density at radius 2 is 1.71 bits per heavy atom. The molecule has 0 amide bonds. The third-order valence-electron chi connectivity index (χ3n) is 3.66. The van der Waals surface area contributed by atoms with E-state index < -0.39 is 6.10 Å². The van der Waals surface area contributed by atoms with Crippen LogP contribution in [0, 0.1) is 13.8 Å². The number of benzene rings is 1. The summed E-state index contributed by atoms with van der Waals surface area (Å²) in [6.45, 7) is 8.64. The zero-order valence-electron chi connectivity index (χ0n) is 13.1. The highest BCUT2D eigenvalue weighted by molar-refractivity contribution is 5.30. The Balaban J connectivity index is 2.03. The van der Waals surface area contributed by atoms with Crippen molar-refractivity contribution in [2.75, 3.05) is 13.1 Å². The van der Waals surface area contributed by atoms with E-state index in [1.807, 2.05) is 24.5 Å². The molecule has 2 rings (SSSR count). The van der Waals surface area contributed by atoms with Crippen molar-refractivity contribution in [1.82, 2.24) is 9.88 Å². The van der Waals surface area contributed by atoms with Crippen LogP contribution >= 0.6 is 0 Å². The van der Waals surface area contributed by atoms with Gasteiger partial charge in [-0.05, 0) is 43.7 Å². The molecule has 3 nitrogen and oxygen atoms in total. The largest absolute Gasteiger partial charge is 0.387 e. The Kier molecular flexibility index (Phi) is 5.48. The number of nitrogens with zero attached hydrogens (tertiary/aromatic N) is 2. The van der Waals surface area contributed by atoms with E-state index >= 15 is 0 Å². The molecule has 0 spiro atoms. The molecule has 1 heterocycles. The highest BCUT2D eigenvalue weighted by Crippen LogP contribution is 2.19. The minimum atomic E-state index is -0.453. The van der Waals surface area contributed by atoms with E-state index in [1.165, 1.54) is 16.7 Å². The molecule has 1 atom stereocenters. The fourth-order valence-corrected chi connectivity index (χ4v) is 2.60. The molecule has 112 valence electrons. The fraction of sp³-hybridized carbons (Fsp3) is 0.389. The number of aliphatic hydroxyl groups is 1. The molecule has 1 aromatic heterocycles. The first-order chi connectivity index (χ1) is 10.1. The van der Waals surface area contributed by atoms with E-state index in [1.54, 1.807) is 0 Å². The van der Waals surface area contributed by atoms with Crippen LogP contribution in [0.25, 0.3) is 0 Å². The van der Waals surface area contributed by atoms with Crippen molar-refractivity contribution in [3.8, 4) is 0 Å². The number of aromatic nitrogens is 1. The van der Waals surface area contributed by atoms with Gasteiger partial charge >= 0.3 is 0 Å². The van der Waals surface area contributed by atoms with Gasteiger partial charge in [-0.25, -0.2) is 0 Å². The number of likely N-dealkylation sites (N-methyl/N-ethyl adjacent to an activating group) is 1. The van der Waals surface area contributed by atoms with Crippen LogP contribution in [0.5, 0.6) is 0 Å². The second-order valence-corrected chi connectivity index (χ2v) is 5.62. The summed E-state index contributed by atoms with van der Waals surface area (Å²) in [5.74, 6) is 0. The van der Waals surface area contributed by atoms with Gasteiger partial charge in [0.2, 0.25) is 0 Å². The smallest absolute Gasteiger partial charge is 0.0917 e. The summed E-state index contributed by atoms with van der Waals surface area (Å²) in [4.78, 5) is 6.29. The van der Waals surface area contributed by atoms with Crippen molar-refractivity contribution >= 4 is 0 Å². The van der Waals surface area contributed by atoms with Crippen molar-refractivity contribution in [3.63, 3.8) is 0 Å². The average Bonchev–Trinajstić information content (AvgIpc) is 2.46. The van der Waals surface area contributed by atoms with Crippen LogP contribution in [0.2, 0.25) is 0 Å². The van der Waals surface area contributed by atoms with Gasteiger partial charge in [0.05, 0.1) is 6.10 Å². The van der Waals surface area contributed by atoms with Gasteiger partial charge in [0.15, 0.2) is 0 Å². The number of rotatable bonds is 6. The topological polar surface area (TPSA) is 36.4 Å². The Hall–Kier alpha value is -1.71. The van der Waals surface area contributed by atoms with E-state index in [-0.39, 0.29) is 0 Å². The minimum absolute atomic E-state index is 0.453. The highest BCUT2D eigenvalue weighted by atomic mass is 16.3. The van der Waals surface area contributed by atoms with Gasteiger partial charge in [-0.3, -0.25) is 9.88 Å². The van der Waals surface area contributed by atoms with Gasteiger partial charge in [-0.15, -0.1) is 0 Å². The molecule has 0 radical (unpaired) electrons. The molecule has 1 unspecified atom stereocenters. The van der Waals surface area contributed by atoms with E-state index in [2.05, 4.69) is 48.9 Å². The van der Waals surface area contributed by atoms with Crippen molar-refractivity contribution in [3.05, 3.63) is 65.0 Å². The first kappa shape index (κ1) is 15.7. The van der Waals surface area contributed by atoms with Gasteiger partial charge in [0.1, 0.15) is 0 Å². The second kappa shape index (κ2) is 7.34. The average molecular weight is 284 g/mol. The summed E-state index contributed by atoms with van der Waals surface area (Å²) in [5, 5.41) is 10.5. The third kappa shape index (κ3) is 4.66. The Morgan fingerprint density at radius 3 is 2.29 bits per heavy atom. The van der Waals surface area contributed by atoms with Crippen LogP contribution < -0.4 is 0 Å². The van der Waals surface area contributed by atoms with Gasteiger partial charge in [-0.1, -0.05) is 36.2 Å². The monoisotopic (exact) mass is 284 g/mol. The lowest BCUT2D eigenvalue weighted by atomic mass is 10.0. The Bertz CT molecular complexity index is 548. The molecule has 1 aromatic carbocycles. The highest BCUT2D eigenvalue weighted by Gasteiger charge is 2.13. The first-order valence-electron chi connectivity index (χ1n) is 7.46. The first-order valence-corrected chi connectivity index (χ1v) is 7.46. The minimum Gasteiger partial charge on any atom is -0.387 e. The summed E-state index contributed by atoms with van der Waals surface area (Å²) in [6, 6.07) is 10.3. The lowest BCUT2D eigenvalue weighted by molar-refractivity contribution is 0.112. The van der Waals surface area contributed by atoms with E-state index in [4.69, 9.17) is 0 Å². The Labute approximate surface area is 127 Å². The van der Waals surface area contributed by atoms with Crippen molar-refractivity contribution in [2.45, 2.75) is 33.4 Å². The lowest BCUT2D eigenvalue weighted by Gasteiger charge is -2.24. The molecule has 3 heteroatoms. The molecule has 0 fully saturated rings. The van der Waals surface area contributed by atoms with Crippen LogP contribution in [0.3, 0.4) is 0 Å². The molecule has 21 heavy (non-hydrogen) atoms. The van der Waals surface area contributed by atoms with E-state index in [0.717, 1.165) is 18.7 Å². The molecule has 1 N–H and O–H groups in total. The van der Waals surface area contributed by atoms with Crippen LogP contribution in [-0.2, 0) is 6.54 Å².